The molecule has 0 amide bonds. The van der Waals surface area contributed by atoms with Crippen molar-refractivity contribution in [3.63, 3.8) is 0 Å². The lowest BCUT2D eigenvalue weighted by Gasteiger charge is -2.36. The summed E-state index contributed by atoms with van der Waals surface area (Å²) >= 11 is 0. The predicted molar refractivity (Wildman–Crippen MR) is 72.9 cm³/mol. The summed E-state index contributed by atoms with van der Waals surface area (Å²) in [4.78, 5) is 2.63. The first-order chi connectivity index (χ1) is 8.86. The summed E-state index contributed by atoms with van der Waals surface area (Å²) in [6.07, 6.45) is 2.72. The van der Waals surface area contributed by atoms with Crippen LogP contribution < -0.4 is 10.1 Å². The van der Waals surface area contributed by atoms with Gasteiger partial charge in [0.05, 0.1) is 6.61 Å². The molecule has 3 nitrogen and oxygen atoms in total. The van der Waals surface area contributed by atoms with Crippen LogP contribution >= 0.6 is 0 Å². The van der Waals surface area contributed by atoms with Crippen molar-refractivity contribution >= 4 is 0 Å². The highest BCUT2D eigenvalue weighted by atomic mass is 16.5. The summed E-state index contributed by atoms with van der Waals surface area (Å²) in [5.41, 5.74) is 1.35. The summed E-state index contributed by atoms with van der Waals surface area (Å²) in [6, 6.07) is 9.75. The molecule has 2 unspecified atom stereocenters. The maximum atomic E-state index is 5.58. The van der Waals surface area contributed by atoms with Crippen LogP contribution in [0.25, 0.3) is 0 Å². The molecule has 0 radical (unpaired) electrons. The van der Waals surface area contributed by atoms with Crippen LogP contribution in [0.1, 0.15) is 31.4 Å². The number of piperazine rings is 1. The topological polar surface area (TPSA) is 24.5 Å². The molecule has 0 saturated carbocycles. The Morgan fingerprint density at radius 3 is 3.28 bits per heavy atom. The molecule has 2 fully saturated rings. The van der Waals surface area contributed by atoms with E-state index in [1.54, 1.807) is 0 Å². The molecule has 2 saturated heterocycles. The normalized spacial score (nSPS) is 28.1. The van der Waals surface area contributed by atoms with Gasteiger partial charge in [0.1, 0.15) is 5.75 Å². The van der Waals surface area contributed by atoms with Gasteiger partial charge in [-0.2, -0.15) is 0 Å². The second-order valence-electron chi connectivity index (χ2n) is 5.26. The first-order valence-electron chi connectivity index (χ1n) is 7.07. The number of benzene rings is 1. The van der Waals surface area contributed by atoms with Crippen LogP contribution in [0.15, 0.2) is 24.3 Å². The molecule has 3 rings (SSSR count). The minimum Gasteiger partial charge on any atom is -0.494 e. The molecule has 18 heavy (non-hydrogen) atoms. The van der Waals surface area contributed by atoms with Crippen LogP contribution in [0.4, 0.5) is 0 Å². The van der Waals surface area contributed by atoms with E-state index in [0.717, 1.165) is 31.5 Å². The molecule has 0 bridgehead atoms. The Kier molecular flexibility index (Phi) is 3.52. The van der Waals surface area contributed by atoms with Gasteiger partial charge in [-0.1, -0.05) is 12.1 Å². The SMILES string of the molecule is CCOc1cccc(C2CN3CCCC3CN2)c1. The Morgan fingerprint density at radius 2 is 2.39 bits per heavy atom. The van der Waals surface area contributed by atoms with E-state index in [1.165, 1.54) is 24.9 Å². The van der Waals surface area contributed by atoms with Gasteiger partial charge >= 0.3 is 0 Å². The third kappa shape index (κ3) is 2.38. The predicted octanol–water partition coefficient (Wildman–Crippen LogP) is 2.19. The monoisotopic (exact) mass is 246 g/mol. The number of ether oxygens (including phenoxy) is 1. The molecule has 2 heterocycles. The summed E-state index contributed by atoms with van der Waals surface area (Å²) in [7, 11) is 0. The van der Waals surface area contributed by atoms with Gasteiger partial charge in [0.2, 0.25) is 0 Å². The fourth-order valence-corrected chi connectivity index (χ4v) is 3.16. The largest absolute Gasteiger partial charge is 0.494 e. The van der Waals surface area contributed by atoms with Gasteiger partial charge in [-0.15, -0.1) is 0 Å². The van der Waals surface area contributed by atoms with Gasteiger partial charge < -0.3 is 10.1 Å². The minimum atomic E-state index is 0.458. The van der Waals surface area contributed by atoms with Gasteiger partial charge in [0.15, 0.2) is 0 Å². The Morgan fingerprint density at radius 1 is 1.44 bits per heavy atom. The van der Waals surface area contributed by atoms with Crippen molar-refractivity contribution in [2.45, 2.75) is 31.8 Å². The van der Waals surface area contributed by atoms with Crippen molar-refractivity contribution in [1.29, 1.82) is 0 Å². The number of nitrogens with one attached hydrogen (secondary N) is 1. The van der Waals surface area contributed by atoms with Crippen molar-refractivity contribution in [2.24, 2.45) is 0 Å². The standard InChI is InChI=1S/C15H22N2O/c1-2-18-14-7-3-5-12(9-14)15-11-17-8-4-6-13(17)10-16-15/h3,5,7,9,13,15-16H,2,4,6,8,10-11H2,1H3. The lowest BCUT2D eigenvalue weighted by molar-refractivity contribution is 0.173. The molecule has 0 spiro atoms. The molecule has 1 aromatic carbocycles. The summed E-state index contributed by atoms with van der Waals surface area (Å²) < 4.78 is 5.58. The molecule has 2 aliphatic rings. The maximum Gasteiger partial charge on any atom is 0.119 e. The Bertz CT molecular complexity index is 407. The lowest BCUT2D eigenvalue weighted by atomic mass is 10.0. The smallest absolute Gasteiger partial charge is 0.119 e. The molecule has 0 aromatic heterocycles. The fourth-order valence-electron chi connectivity index (χ4n) is 3.16. The summed E-state index contributed by atoms with van der Waals surface area (Å²) in [5.74, 6) is 0.986. The number of hydrogen-bond donors (Lipinski definition) is 1. The number of rotatable bonds is 3. The molecule has 3 heteroatoms. The third-order valence-electron chi connectivity index (χ3n) is 4.09. The van der Waals surface area contributed by atoms with E-state index in [0.29, 0.717) is 6.04 Å². The molecule has 1 N–H and O–H groups in total. The minimum absolute atomic E-state index is 0.458. The van der Waals surface area contributed by atoms with Gasteiger partial charge in [0.25, 0.3) is 0 Å². The van der Waals surface area contributed by atoms with E-state index in [2.05, 4.69) is 28.4 Å². The van der Waals surface area contributed by atoms with Gasteiger partial charge in [0, 0.05) is 25.2 Å². The van der Waals surface area contributed by atoms with E-state index >= 15 is 0 Å². The molecule has 1 aromatic rings. The first-order valence-corrected chi connectivity index (χ1v) is 7.07. The zero-order valence-corrected chi connectivity index (χ0v) is 11.1. The Balaban J connectivity index is 1.72. The van der Waals surface area contributed by atoms with Crippen molar-refractivity contribution in [1.82, 2.24) is 10.2 Å². The van der Waals surface area contributed by atoms with E-state index in [1.807, 2.05) is 13.0 Å². The highest BCUT2D eigenvalue weighted by Crippen LogP contribution is 2.27. The first kappa shape index (κ1) is 12.0. The van der Waals surface area contributed by atoms with E-state index in [4.69, 9.17) is 4.74 Å². The molecular weight excluding hydrogens is 224 g/mol. The Hall–Kier alpha value is -1.06. The van der Waals surface area contributed by atoms with E-state index < -0.39 is 0 Å². The number of nitrogens with zero attached hydrogens (tertiary/aromatic N) is 1. The second-order valence-corrected chi connectivity index (χ2v) is 5.26. The van der Waals surface area contributed by atoms with Crippen LogP contribution in [0.3, 0.4) is 0 Å². The van der Waals surface area contributed by atoms with E-state index in [-0.39, 0.29) is 0 Å². The highest BCUT2D eigenvalue weighted by molar-refractivity contribution is 5.31. The van der Waals surface area contributed by atoms with Gasteiger partial charge in [-0.25, -0.2) is 0 Å². The molecular formula is C15H22N2O. The second kappa shape index (κ2) is 5.29. The van der Waals surface area contributed by atoms with Crippen LogP contribution in [0.2, 0.25) is 0 Å². The van der Waals surface area contributed by atoms with Crippen molar-refractivity contribution in [3.05, 3.63) is 29.8 Å². The number of hydrogen-bond acceptors (Lipinski definition) is 3. The van der Waals surface area contributed by atoms with Crippen LogP contribution in [0.5, 0.6) is 5.75 Å². The van der Waals surface area contributed by atoms with Gasteiger partial charge in [-0.3, -0.25) is 4.90 Å². The highest BCUT2D eigenvalue weighted by Gasteiger charge is 2.31. The van der Waals surface area contributed by atoms with Gasteiger partial charge in [-0.05, 0) is 44.0 Å². The van der Waals surface area contributed by atoms with Crippen molar-refractivity contribution in [2.75, 3.05) is 26.2 Å². The zero-order chi connectivity index (χ0) is 12.4. The van der Waals surface area contributed by atoms with Crippen LogP contribution in [0, 0.1) is 0 Å². The number of fused-ring (bicyclic) bond motifs is 1. The summed E-state index contributed by atoms with van der Waals surface area (Å²) in [5, 5.41) is 3.68. The van der Waals surface area contributed by atoms with Crippen molar-refractivity contribution < 1.29 is 4.74 Å². The molecule has 0 aliphatic carbocycles. The molecule has 2 aliphatic heterocycles. The van der Waals surface area contributed by atoms with Crippen LogP contribution in [-0.4, -0.2) is 37.2 Å². The van der Waals surface area contributed by atoms with E-state index in [9.17, 15) is 0 Å². The average Bonchev–Trinajstić information content (AvgIpc) is 2.86. The zero-order valence-electron chi connectivity index (χ0n) is 11.1. The maximum absolute atomic E-state index is 5.58. The lowest BCUT2D eigenvalue weighted by Crippen LogP contribution is -2.49. The summed E-state index contributed by atoms with van der Waals surface area (Å²) in [6.45, 7) is 6.30. The van der Waals surface area contributed by atoms with Crippen LogP contribution in [-0.2, 0) is 0 Å². The Labute approximate surface area is 109 Å². The third-order valence-corrected chi connectivity index (χ3v) is 4.09. The average molecular weight is 246 g/mol. The fraction of sp³-hybridized carbons (Fsp3) is 0.600. The molecule has 98 valence electrons. The quantitative estimate of drug-likeness (QED) is 0.885. The molecule has 2 atom stereocenters. The van der Waals surface area contributed by atoms with Crippen molar-refractivity contribution in [3.8, 4) is 5.75 Å².